The van der Waals surface area contributed by atoms with Crippen LogP contribution in [0.1, 0.15) is 12.5 Å². The zero-order valence-corrected chi connectivity index (χ0v) is 11.2. The molecule has 0 spiro atoms. The maximum Gasteiger partial charge on any atom is 0.189 e. The summed E-state index contributed by atoms with van der Waals surface area (Å²) in [4.78, 5) is 0. The molecule has 3 aromatic rings. The molecule has 1 aromatic heterocycles. The van der Waals surface area contributed by atoms with E-state index < -0.39 is 0 Å². The second-order valence-corrected chi connectivity index (χ2v) is 4.48. The van der Waals surface area contributed by atoms with Crippen LogP contribution in [0, 0.1) is 0 Å². The fourth-order valence-corrected chi connectivity index (χ4v) is 2.23. The lowest BCUT2D eigenvalue weighted by atomic mass is 10.1. The normalized spacial score (nSPS) is 10.7. The van der Waals surface area contributed by atoms with Gasteiger partial charge in [0.1, 0.15) is 0 Å². The molecule has 0 saturated heterocycles. The van der Waals surface area contributed by atoms with Crippen molar-refractivity contribution < 1.29 is 0 Å². The Labute approximate surface area is 117 Å². The molecule has 0 aliphatic rings. The molecule has 1 heterocycles. The molecule has 0 bridgehead atoms. The Kier molecular flexibility index (Phi) is 3.16. The average Bonchev–Trinajstić information content (AvgIpc) is 2.96. The van der Waals surface area contributed by atoms with E-state index in [-0.39, 0.29) is 0 Å². The van der Waals surface area contributed by atoms with E-state index in [0.29, 0.717) is 11.5 Å². The Morgan fingerprint density at radius 2 is 1.80 bits per heavy atom. The zero-order valence-electron chi connectivity index (χ0n) is 11.2. The van der Waals surface area contributed by atoms with Gasteiger partial charge >= 0.3 is 0 Å². The van der Waals surface area contributed by atoms with Crippen LogP contribution in [-0.4, -0.2) is 20.2 Å². The van der Waals surface area contributed by atoms with Crippen LogP contribution >= 0.6 is 0 Å². The van der Waals surface area contributed by atoms with E-state index in [4.69, 9.17) is 5.73 Å². The molecule has 0 atom stereocenters. The first-order valence-electron chi connectivity index (χ1n) is 6.52. The van der Waals surface area contributed by atoms with Crippen LogP contribution in [0.3, 0.4) is 0 Å². The van der Waals surface area contributed by atoms with E-state index in [1.807, 2.05) is 42.5 Å². The fraction of sp³-hybridized carbons (Fsp3) is 0.133. The number of aryl methyl sites for hydroxylation is 1. The van der Waals surface area contributed by atoms with E-state index in [0.717, 1.165) is 17.7 Å². The summed E-state index contributed by atoms with van der Waals surface area (Å²) in [5.41, 5.74) is 9.70. The zero-order chi connectivity index (χ0) is 13.9. The number of nitrogen functional groups attached to an aromatic ring is 1. The molecule has 2 N–H and O–H groups in total. The highest BCUT2D eigenvalue weighted by atomic mass is 15.5. The lowest BCUT2D eigenvalue weighted by Gasteiger charge is -2.10. The minimum absolute atomic E-state index is 0.656. The van der Waals surface area contributed by atoms with Gasteiger partial charge in [0, 0.05) is 11.3 Å². The van der Waals surface area contributed by atoms with Crippen LogP contribution < -0.4 is 5.73 Å². The molecule has 0 unspecified atom stereocenters. The number of hydrogen-bond donors (Lipinski definition) is 1. The van der Waals surface area contributed by atoms with E-state index in [2.05, 4.69) is 28.5 Å². The molecule has 0 aliphatic heterocycles. The predicted molar refractivity (Wildman–Crippen MR) is 78.4 cm³/mol. The van der Waals surface area contributed by atoms with Crippen molar-refractivity contribution in [1.29, 1.82) is 0 Å². The summed E-state index contributed by atoms with van der Waals surface area (Å²) >= 11 is 0. The Hall–Kier alpha value is -2.69. The highest BCUT2D eigenvalue weighted by molar-refractivity contribution is 5.72. The first kappa shape index (κ1) is 12.3. The number of rotatable bonds is 3. The number of para-hydroxylation sites is 2. The van der Waals surface area contributed by atoms with E-state index in [1.54, 1.807) is 4.68 Å². The van der Waals surface area contributed by atoms with E-state index in [9.17, 15) is 0 Å². The molecule has 0 saturated carbocycles. The van der Waals surface area contributed by atoms with E-state index in [1.165, 1.54) is 5.56 Å². The Balaban J connectivity index is 2.19. The molecule has 5 heteroatoms. The summed E-state index contributed by atoms with van der Waals surface area (Å²) < 4.78 is 1.74. The third-order valence-corrected chi connectivity index (χ3v) is 3.27. The van der Waals surface area contributed by atoms with Crippen molar-refractivity contribution in [3.05, 3.63) is 54.1 Å². The van der Waals surface area contributed by atoms with Crippen molar-refractivity contribution in [2.24, 2.45) is 0 Å². The number of anilines is 1. The largest absolute Gasteiger partial charge is 0.398 e. The molecular formula is C15H15N5. The topological polar surface area (TPSA) is 69.6 Å². The third-order valence-electron chi connectivity index (χ3n) is 3.27. The number of benzene rings is 2. The second-order valence-electron chi connectivity index (χ2n) is 4.48. The summed E-state index contributed by atoms with van der Waals surface area (Å²) in [6, 6.07) is 15.7. The minimum Gasteiger partial charge on any atom is -0.398 e. The third kappa shape index (κ3) is 2.03. The lowest BCUT2D eigenvalue weighted by Crippen LogP contribution is -2.04. The highest BCUT2D eigenvalue weighted by Gasteiger charge is 2.14. The standard InChI is InChI=1S/C15H15N5/c1-2-11-7-3-6-10-14(11)20-15(17-18-19-20)12-8-4-5-9-13(12)16/h3-10H,2,16H2,1H3. The average molecular weight is 265 g/mol. The van der Waals surface area contributed by atoms with Crippen molar-refractivity contribution in [3.63, 3.8) is 0 Å². The summed E-state index contributed by atoms with van der Waals surface area (Å²) in [5.74, 6) is 0.656. The predicted octanol–water partition coefficient (Wildman–Crippen LogP) is 2.47. The lowest BCUT2D eigenvalue weighted by molar-refractivity contribution is 0.783. The number of tetrazole rings is 1. The van der Waals surface area contributed by atoms with Gasteiger partial charge in [-0.25, -0.2) is 0 Å². The van der Waals surface area contributed by atoms with Crippen molar-refractivity contribution in [2.45, 2.75) is 13.3 Å². The number of nitrogens with two attached hydrogens (primary N) is 1. The molecule has 0 aliphatic carbocycles. The minimum atomic E-state index is 0.656. The van der Waals surface area contributed by atoms with Crippen molar-refractivity contribution in [2.75, 3.05) is 5.73 Å². The van der Waals surface area contributed by atoms with E-state index >= 15 is 0 Å². The Morgan fingerprint density at radius 1 is 1.05 bits per heavy atom. The van der Waals surface area contributed by atoms with Gasteiger partial charge in [0.2, 0.25) is 0 Å². The fourth-order valence-electron chi connectivity index (χ4n) is 2.23. The Morgan fingerprint density at radius 3 is 2.60 bits per heavy atom. The molecule has 5 nitrogen and oxygen atoms in total. The van der Waals surface area contributed by atoms with Gasteiger partial charge in [-0.1, -0.05) is 37.3 Å². The maximum absolute atomic E-state index is 6.02. The van der Waals surface area contributed by atoms with Gasteiger partial charge in [0.25, 0.3) is 0 Å². The highest BCUT2D eigenvalue weighted by Crippen LogP contribution is 2.26. The summed E-state index contributed by atoms with van der Waals surface area (Å²) in [6.07, 6.45) is 0.916. The molecule has 0 fully saturated rings. The van der Waals surface area contributed by atoms with Gasteiger partial charge in [-0.2, -0.15) is 4.68 Å². The maximum atomic E-state index is 6.02. The summed E-state index contributed by atoms with van der Waals surface area (Å²) in [5, 5.41) is 12.0. The van der Waals surface area contributed by atoms with Crippen LogP contribution in [0.15, 0.2) is 48.5 Å². The summed E-state index contributed by atoms with van der Waals surface area (Å²) in [7, 11) is 0. The van der Waals surface area contributed by atoms with Gasteiger partial charge in [0.05, 0.1) is 5.69 Å². The molecule has 100 valence electrons. The molecule has 2 aromatic carbocycles. The second kappa shape index (κ2) is 5.13. The van der Waals surface area contributed by atoms with Crippen LogP contribution in [0.2, 0.25) is 0 Å². The van der Waals surface area contributed by atoms with Gasteiger partial charge in [-0.15, -0.1) is 5.10 Å². The van der Waals surface area contributed by atoms with Crippen LogP contribution in [0.4, 0.5) is 5.69 Å². The quantitative estimate of drug-likeness (QED) is 0.739. The van der Waals surface area contributed by atoms with Gasteiger partial charge in [0.15, 0.2) is 5.82 Å². The SMILES string of the molecule is CCc1ccccc1-n1nnnc1-c1ccccc1N. The van der Waals surface area contributed by atoms with Crippen molar-refractivity contribution in [1.82, 2.24) is 20.2 Å². The first-order valence-corrected chi connectivity index (χ1v) is 6.52. The van der Waals surface area contributed by atoms with Gasteiger partial charge < -0.3 is 5.73 Å². The van der Waals surface area contributed by atoms with Crippen molar-refractivity contribution in [3.8, 4) is 17.1 Å². The number of aromatic nitrogens is 4. The molecule has 0 amide bonds. The monoisotopic (exact) mass is 265 g/mol. The Bertz CT molecular complexity index is 732. The molecule has 3 rings (SSSR count). The summed E-state index contributed by atoms with van der Waals surface area (Å²) in [6.45, 7) is 2.11. The number of hydrogen-bond acceptors (Lipinski definition) is 4. The van der Waals surface area contributed by atoms with Crippen LogP contribution in [0.25, 0.3) is 17.1 Å². The molecule has 0 radical (unpaired) electrons. The van der Waals surface area contributed by atoms with Gasteiger partial charge in [-0.3, -0.25) is 0 Å². The first-order chi connectivity index (χ1) is 9.81. The molecular weight excluding hydrogens is 250 g/mol. The van der Waals surface area contributed by atoms with Gasteiger partial charge in [-0.05, 0) is 40.6 Å². The van der Waals surface area contributed by atoms with Crippen LogP contribution in [-0.2, 0) is 6.42 Å². The smallest absolute Gasteiger partial charge is 0.189 e. The number of nitrogens with zero attached hydrogens (tertiary/aromatic N) is 4. The molecule has 20 heavy (non-hydrogen) atoms. The van der Waals surface area contributed by atoms with Crippen LogP contribution in [0.5, 0.6) is 0 Å². The van der Waals surface area contributed by atoms with Crippen molar-refractivity contribution >= 4 is 5.69 Å².